The Bertz CT molecular complexity index is 622. The third-order valence-corrected chi connectivity index (χ3v) is 5.40. The molecule has 0 aliphatic carbocycles. The molecule has 1 aromatic carbocycles. The fraction of sp³-hybridized carbons (Fsp3) is 0.556. The van der Waals surface area contributed by atoms with Crippen LogP contribution in [0, 0.1) is 5.41 Å². The summed E-state index contributed by atoms with van der Waals surface area (Å²) in [7, 11) is 1.79. The maximum Gasteiger partial charge on any atom is 0.251 e. The van der Waals surface area contributed by atoms with Crippen molar-refractivity contribution in [3.05, 3.63) is 34.9 Å². The second kappa shape index (κ2) is 7.01. The topological polar surface area (TPSA) is 56.7 Å². The molecule has 0 unspecified atom stereocenters. The second-order valence-electron chi connectivity index (χ2n) is 7.27. The van der Waals surface area contributed by atoms with Gasteiger partial charge in [0.25, 0.3) is 5.91 Å². The normalized spacial score (nSPS) is 18.8. The summed E-state index contributed by atoms with van der Waals surface area (Å²) in [6.45, 7) is 11.1. The number of rotatable bonds is 4. The molecule has 2 rings (SSSR count). The summed E-state index contributed by atoms with van der Waals surface area (Å²) in [6.07, 6.45) is 0. The first-order valence-corrected chi connectivity index (χ1v) is 8.59. The van der Waals surface area contributed by atoms with E-state index in [0.29, 0.717) is 23.7 Å². The quantitative estimate of drug-likeness (QED) is 0.498. The fourth-order valence-electron chi connectivity index (χ4n) is 2.75. The van der Waals surface area contributed by atoms with Crippen LogP contribution in [0.3, 0.4) is 0 Å². The molecule has 1 aromatic rings. The molecule has 0 bridgehead atoms. The van der Waals surface area contributed by atoms with Crippen LogP contribution in [-0.4, -0.2) is 49.0 Å². The van der Waals surface area contributed by atoms with E-state index in [4.69, 9.17) is 11.6 Å². The lowest BCUT2D eigenvalue weighted by Crippen LogP contribution is -2.72. The summed E-state index contributed by atoms with van der Waals surface area (Å²) in [6, 6.07) is 6.86. The Kier molecular flexibility index (Phi) is 5.43. The number of amides is 1. The molecule has 0 radical (unpaired) electrons. The van der Waals surface area contributed by atoms with Gasteiger partial charge in [-0.15, -0.1) is 0 Å². The van der Waals surface area contributed by atoms with E-state index in [9.17, 15) is 4.79 Å². The molecule has 1 amide bonds. The fourth-order valence-corrected chi connectivity index (χ4v) is 2.87. The third kappa shape index (κ3) is 3.66. The van der Waals surface area contributed by atoms with Gasteiger partial charge in [0.1, 0.15) is 0 Å². The minimum Gasteiger partial charge on any atom is -0.354 e. The number of halogens is 1. The highest BCUT2D eigenvalue weighted by Gasteiger charge is 2.53. The van der Waals surface area contributed by atoms with Gasteiger partial charge in [-0.25, -0.2) is 0 Å². The molecular weight excluding hydrogens is 324 g/mol. The van der Waals surface area contributed by atoms with E-state index in [1.807, 2.05) is 0 Å². The average Bonchev–Trinajstić information content (AvgIpc) is 2.54. The molecule has 0 spiro atoms. The monoisotopic (exact) mass is 350 g/mol. The number of hydrogen-bond donors (Lipinski definition) is 2. The Hall–Kier alpha value is -1.75. The zero-order chi connectivity index (χ0) is 18.0. The zero-order valence-corrected chi connectivity index (χ0v) is 15.9. The van der Waals surface area contributed by atoms with Crippen LogP contribution >= 0.6 is 11.6 Å². The summed E-state index contributed by atoms with van der Waals surface area (Å²) in [5.41, 5.74) is 0.920. The number of guanidine groups is 1. The molecular formula is C18H27ClN4O. The van der Waals surface area contributed by atoms with Crippen molar-refractivity contribution in [2.75, 3.05) is 26.7 Å². The highest BCUT2D eigenvalue weighted by molar-refractivity contribution is 6.30. The van der Waals surface area contributed by atoms with Gasteiger partial charge in [-0.1, -0.05) is 25.4 Å². The molecule has 1 fully saturated rings. The van der Waals surface area contributed by atoms with Gasteiger partial charge < -0.3 is 15.5 Å². The largest absolute Gasteiger partial charge is 0.354 e. The maximum atomic E-state index is 12.0. The highest BCUT2D eigenvalue weighted by Crippen LogP contribution is 2.46. The Morgan fingerprint density at radius 3 is 2.25 bits per heavy atom. The molecule has 132 valence electrons. The van der Waals surface area contributed by atoms with E-state index in [2.05, 4.69) is 48.2 Å². The van der Waals surface area contributed by atoms with Crippen molar-refractivity contribution >= 4 is 23.5 Å². The number of benzene rings is 1. The summed E-state index contributed by atoms with van der Waals surface area (Å²) < 4.78 is 0. The van der Waals surface area contributed by atoms with Gasteiger partial charge >= 0.3 is 0 Å². The average molecular weight is 351 g/mol. The van der Waals surface area contributed by atoms with Gasteiger partial charge in [0.15, 0.2) is 5.96 Å². The van der Waals surface area contributed by atoms with Crippen molar-refractivity contribution in [3.8, 4) is 0 Å². The third-order valence-electron chi connectivity index (χ3n) is 5.15. The van der Waals surface area contributed by atoms with Gasteiger partial charge in [-0.3, -0.25) is 9.79 Å². The molecule has 24 heavy (non-hydrogen) atoms. The van der Waals surface area contributed by atoms with Crippen molar-refractivity contribution in [1.29, 1.82) is 0 Å². The second-order valence-corrected chi connectivity index (χ2v) is 7.70. The van der Waals surface area contributed by atoms with Gasteiger partial charge in [0, 0.05) is 48.2 Å². The van der Waals surface area contributed by atoms with Crippen molar-refractivity contribution in [1.82, 2.24) is 15.5 Å². The first-order chi connectivity index (χ1) is 11.2. The molecule has 5 nitrogen and oxygen atoms in total. The number of nitrogens with one attached hydrogen (secondary N) is 2. The maximum absolute atomic E-state index is 12.0. The first-order valence-electron chi connectivity index (χ1n) is 8.21. The lowest BCUT2D eigenvalue weighted by atomic mass is 9.65. The summed E-state index contributed by atoms with van der Waals surface area (Å²) in [4.78, 5) is 18.7. The van der Waals surface area contributed by atoms with Gasteiger partial charge in [-0.2, -0.15) is 0 Å². The molecule has 2 N–H and O–H groups in total. The molecule has 1 aliphatic heterocycles. The highest BCUT2D eigenvalue weighted by atomic mass is 35.5. The molecule has 6 heteroatoms. The van der Waals surface area contributed by atoms with E-state index in [-0.39, 0.29) is 16.9 Å². The first kappa shape index (κ1) is 18.6. The number of aliphatic imine (C=N–C) groups is 1. The predicted molar refractivity (Wildman–Crippen MR) is 99.7 cm³/mol. The van der Waals surface area contributed by atoms with Crippen molar-refractivity contribution in [2.45, 2.75) is 33.2 Å². The van der Waals surface area contributed by atoms with E-state index >= 15 is 0 Å². The number of carbonyl (C=O) groups is 1. The summed E-state index contributed by atoms with van der Waals surface area (Å²) in [5, 5.41) is 6.83. The summed E-state index contributed by atoms with van der Waals surface area (Å²) in [5.74, 6) is 0.772. The van der Waals surface area contributed by atoms with Crippen molar-refractivity contribution < 1.29 is 4.79 Å². The minimum absolute atomic E-state index is 0.0569. The van der Waals surface area contributed by atoms with Gasteiger partial charge in [0.2, 0.25) is 0 Å². The van der Waals surface area contributed by atoms with Gasteiger partial charge in [0.05, 0.1) is 0 Å². The van der Waals surface area contributed by atoms with E-state index in [1.54, 1.807) is 31.3 Å². The predicted octanol–water partition coefficient (Wildman–Crippen LogP) is 2.77. The van der Waals surface area contributed by atoms with Crippen molar-refractivity contribution in [2.24, 2.45) is 10.4 Å². The van der Waals surface area contributed by atoms with E-state index in [0.717, 1.165) is 12.5 Å². The lowest BCUT2D eigenvalue weighted by molar-refractivity contribution is -0.0666. The van der Waals surface area contributed by atoms with Crippen LogP contribution < -0.4 is 10.6 Å². The molecule has 1 saturated heterocycles. The number of nitrogens with zero attached hydrogens (tertiary/aromatic N) is 2. The van der Waals surface area contributed by atoms with E-state index in [1.165, 1.54) is 0 Å². The Balaban J connectivity index is 1.79. The number of likely N-dealkylation sites (tertiary alicyclic amines) is 1. The Morgan fingerprint density at radius 1 is 1.17 bits per heavy atom. The van der Waals surface area contributed by atoms with Crippen LogP contribution in [0.25, 0.3) is 0 Å². The number of carbonyl (C=O) groups excluding carboxylic acids is 1. The smallest absolute Gasteiger partial charge is 0.251 e. The van der Waals surface area contributed by atoms with Crippen LogP contribution in [0.15, 0.2) is 29.3 Å². The SMILES string of the molecule is CN=C(NCCNC(=O)c1ccc(Cl)cc1)N1CC(C)(C)C1(C)C. The molecule has 0 atom stereocenters. The van der Waals surface area contributed by atoms with Crippen LogP contribution in [0.2, 0.25) is 5.02 Å². The standard InChI is InChI=1S/C18H27ClN4O/c1-17(2)12-23(18(17,3)4)16(20-5)22-11-10-21-15(24)13-6-8-14(19)9-7-13/h6-9H,10-12H2,1-5H3,(H,20,22)(H,21,24). The lowest BCUT2D eigenvalue weighted by Gasteiger charge is -2.62. The van der Waals surface area contributed by atoms with E-state index < -0.39 is 0 Å². The van der Waals surface area contributed by atoms with Crippen LogP contribution in [0.1, 0.15) is 38.1 Å². The van der Waals surface area contributed by atoms with Crippen molar-refractivity contribution in [3.63, 3.8) is 0 Å². The Labute approximate surface area is 149 Å². The van der Waals surface area contributed by atoms with Gasteiger partial charge in [-0.05, 0) is 38.1 Å². The molecule has 1 heterocycles. The molecule has 0 aromatic heterocycles. The van der Waals surface area contributed by atoms with Crippen LogP contribution in [-0.2, 0) is 0 Å². The van der Waals surface area contributed by atoms with Crippen LogP contribution in [0.5, 0.6) is 0 Å². The summed E-state index contributed by atoms with van der Waals surface area (Å²) >= 11 is 5.83. The Morgan fingerprint density at radius 2 is 1.75 bits per heavy atom. The van der Waals surface area contributed by atoms with Crippen LogP contribution in [0.4, 0.5) is 0 Å². The molecule has 0 saturated carbocycles. The number of hydrogen-bond acceptors (Lipinski definition) is 2. The minimum atomic E-state index is -0.103. The molecule has 1 aliphatic rings. The zero-order valence-electron chi connectivity index (χ0n) is 15.1.